The van der Waals surface area contributed by atoms with Crippen LogP contribution in [0.3, 0.4) is 0 Å². The lowest BCUT2D eigenvalue weighted by atomic mass is 9.82. The number of carbonyl (C=O) groups is 1. The number of benzene rings is 2. The molecular formula is C22H23N3O4. The maximum atomic E-state index is 12.6. The number of amides is 1. The zero-order valence-corrected chi connectivity index (χ0v) is 15.9. The van der Waals surface area contributed by atoms with Crippen molar-refractivity contribution in [1.29, 1.82) is 0 Å². The Morgan fingerprint density at radius 3 is 2.62 bits per heavy atom. The quantitative estimate of drug-likeness (QED) is 0.696. The summed E-state index contributed by atoms with van der Waals surface area (Å²) in [7, 11) is 0. The van der Waals surface area contributed by atoms with Crippen LogP contribution in [-0.2, 0) is 16.9 Å². The van der Waals surface area contributed by atoms with E-state index in [1.54, 1.807) is 35.2 Å². The third-order valence-electron chi connectivity index (χ3n) is 5.63. The average Bonchev–Trinajstić information content (AvgIpc) is 2.76. The molecule has 0 spiro atoms. The summed E-state index contributed by atoms with van der Waals surface area (Å²) in [5.74, 6) is -0.167. The van der Waals surface area contributed by atoms with Crippen LogP contribution in [-0.4, -0.2) is 49.8 Å². The molecule has 0 aliphatic carbocycles. The highest BCUT2D eigenvalue weighted by Crippen LogP contribution is 2.33. The number of piperidine rings is 1. The van der Waals surface area contributed by atoms with Crippen molar-refractivity contribution in [3.05, 3.63) is 76.8 Å². The number of carbonyl (C=O) groups excluding carboxylic acids is 1. The number of nitrogens with zero attached hydrogens (tertiary/aromatic N) is 3. The summed E-state index contributed by atoms with van der Waals surface area (Å²) < 4.78 is 1.43. The fourth-order valence-electron chi connectivity index (χ4n) is 3.85. The van der Waals surface area contributed by atoms with Crippen molar-refractivity contribution in [3.63, 3.8) is 0 Å². The molecule has 2 aromatic carbocycles. The molecule has 1 aromatic heterocycles. The van der Waals surface area contributed by atoms with Gasteiger partial charge in [-0.25, -0.2) is 4.98 Å². The van der Waals surface area contributed by atoms with Crippen LogP contribution < -0.4 is 5.56 Å². The van der Waals surface area contributed by atoms with Crippen molar-refractivity contribution >= 4 is 16.8 Å². The van der Waals surface area contributed by atoms with E-state index in [1.165, 1.54) is 10.9 Å². The summed E-state index contributed by atoms with van der Waals surface area (Å²) in [6.45, 7) is 0.603. The van der Waals surface area contributed by atoms with Crippen molar-refractivity contribution in [2.45, 2.75) is 31.1 Å². The molecule has 2 N–H and O–H groups in total. The van der Waals surface area contributed by atoms with E-state index < -0.39 is 11.7 Å². The maximum absolute atomic E-state index is 12.6. The fourth-order valence-corrected chi connectivity index (χ4v) is 3.85. The van der Waals surface area contributed by atoms with Crippen molar-refractivity contribution in [3.8, 4) is 0 Å². The molecular weight excluding hydrogens is 370 g/mol. The van der Waals surface area contributed by atoms with Gasteiger partial charge in [0, 0.05) is 32.5 Å². The molecule has 0 bridgehead atoms. The van der Waals surface area contributed by atoms with Crippen LogP contribution in [0.2, 0.25) is 0 Å². The third-order valence-corrected chi connectivity index (χ3v) is 5.63. The van der Waals surface area contributed by atoms with Crippen LogP contribution in [0.1, 0.15) is 18.4 Å². The minimum absolute atomic E-state index is 0.0507. The average molecular weight is 393 g/mol. The Morgan fingerprint density at radius 1 is 1.14 bits per heavy atom. The van der Waals surface area contributed by atoms with Gasteiger partial charge in [0.25, 0.3) is 5.56 Å². The summed E-state index contributed by atoms with van der Waals surface area (Å²) >= 11 is 0. The summed E-state index contributed by atoms with van der Waals surface area (Å²) in [5, 5.41) is 22.0. The number of aryl methyl sites for hydroxylation is 1. The lowest BCUT2D eigenvalue weighted by molar-refractivity contribution is -0.151. The van der Waals surface area contributed by atoms with E-state index in [4.69, 9.17) is 0 Å². The fraction of sp³-hybridized carbons (Fsp3) is 0.318. The monoisotopic (exact) mass is 393 g/mol. The Kier molecular flexibility index (Phi) is 5.17. The highest BCUT2D eigenvalue weighted by Gasteiger charge is 2.42. The molecule has 0 radical (unpaired) electrons. The minimum Gasteiger partial charge on any atom is -0.388 e. The van der Waals surface area contributed by atoms with Gasteiger partial charge in [0.15, 0.2) is 0 Å². The van der Waals surface area contributed by atoms with Gasteiger partial charge in [-0.1, -0.05) is 42.5 Å². The second kappa shape index (κ2) is 7.77. The number of aromatic nitrogens is 2. The number of rotatable bonds is 4. The second-order valence-corrected chi connectivity index (χ2v) is 7.41. The molecule has 7 nitrogen and oxygen atoms in total. The van der Waals surface area contributed by atoms with E-state index in [2.05, 4.69) is 4.98 Å². The second-order valence-electron chi connectivity index (χ2n) is 7.41. The first-order chi connectivity index (χ1) is 14.0. The zero-order valence-electron chi connectivity index (χ0n) is 15.9. The molecule has 1 aliphatic heterocycles. The van der Waals surface area contributed by atoms with E-state index in [9.17, 15) is 19.8 Å². The molecule has 150 valence electrons. The molecule has 3 aromatic rings. The molecule has 1 amide bonds. The Balaban J connectivity index is 1.42. The number of hydrogen-bond donors (Lipinski definition) is 2. The molecule has 4 rings (SSSR count). The molecule has 0 unspecified atom stereocenters. The van der Waals surface area contributed by atoms with E-state index in [1.807, 2.05) is 24.3 Å². The topological polar surface area (TPSA) is 95.7 Å². The van der Waals surface area contributed by atoms with Gasteiger partial charge in [0.05, 0.1) is 17.2 Å². The predicted molar refractivity (Wildman–Crippen MR) is 108 cm³/mol. The first kappa shape index (κ1) is 19.3. The van der Waals surface area contributed by atoms with Gasteiger partial charge in [-0.2, -0.15) is 0 Å². The van der Waals surface area contributed by atoms with Crippen molar-refractivity contribution in [2.75, 3.05) is 13.1 Å². The standard InChI is InChI=1S/C22H23N3O4/c26-19-14-24(13-11-22(19,29)16-6-2-1-3-7-16)20(27)10-12-25-15-23-18-9-5-4-8-17(18)21(25)28/h1-9,15,19,26,29H,10-14H2/t19-,22-/m0/s1. The first-order valence-electron chi connectivity index (χ1n) is 9.67. The Morgan fingerprint density at radius 2 is 1.86 bits per heavy atom. The van der Waals surface area contributed by atoms with Gasteiger partial charge in [0.1, 0.15) is 11.7 Å². The van der Waals surface area contributed by atoms with Crippen molar-refractivity contribution in [2.24, 2.45) is 0 Å². The largest absolute Gasteiger partial charge is 0.388 e. The molecule has 1 saturated heterocycles. The number of likely N-dealkylation sites (tertiary alicyclic amines) is 1. The summed E-state index contributed by atoms with van der Waals surface area (Å²) in [4.78, 5) is 31.0. The third kappa shape index (κ3) is 3.66. The lowest BCUT2D eigenvalue weighted by Crippen LogP contribution is -2.55. The van der Waals surface area contributed by atoms with E-state index >= 15 is 0 Å². The van der Waals surface area contributed by atoms with E-state index in [0.29, 0.717) is 23.0 Å². The molecule has 0 saturated carbocycles. The maximum Gasteiger partial charge on any atom is 0.261 e. The van der Waals surface area contributed by atoms with Gasteiger partial charge in [-0.15, -0.1) is 0 Å². The molecule has 2 heterocycles. The summed E-state index contributed by atoms with van der Waals surface area (Å²) in [5.41, 5.74) is -0.273. The van der Waals surface area contributed by atoms with Crippen LogP contribution in [0.5, 0.6) is 0 Å². The number of β-amino-alcohol motifs (C(OH)–C–C–N with tert-alkyl or cyclic N) is 1. The van der Waals surface area contributed by atoms with Gasteiger partial charge in [-0.05, 0) is 17.7 Å². The van der Waals surface area contributed by atoms with Crippen LogP contribution in [0, 0.1) is 0 Å². The molecule has 1 aliphatic rings. The van der Waals surface area contributed by atoms with Crippen LogP contribution in [0.15, 0.2) is 65.7 Å². The smallest absolute Gasteiger partial charge is 0.261 e. The summed E-state index contributed by atoms with van der Waals surface area (Å²) in [6.07, 6.45) is 0.752. The molecule has 7 heteroatoms. The predicted octanol–water partition coefficient (Wildman–Crippen LogP) is 1.27. The number of aliphatic hydroxyl groups is 2. The summed E-state index contributed by atoms with van der Waals surface area (Å²) in [6, 6.07) is 16.1. The minimum atomic E-state index is -1.36. The van der Waals surface area contributed by atoms with Gasteiger partial charge in [0.2, 0.25) is 5.91 Å². The normalized spacial score (nSPS) is 22.0. The van der Waals surface area contributed by atoms with Crippen molar-refractivity contribution in [1.82, 2.24) is 14.5 Å². The number of fused-ring (bicyclic) bond motifs is 1. The van der Waals surface area contributed by atoms with E-state index in [-0.39, 0.29) is 37.4 Å². The van der Waals surface area contributed by atoms with Gasteiger partial charge >= 0.3 is 0 Å². The highest BCUT2D eigenvalue weighted by atomic mass is 16.3. The lowest BCUT2D eigenvalue weighted by Gasteiger charge is -2.42. The van der Waals surface area contributed by atoms with Crippen LogP contribution in [0.25, 0.3) is 10.9 Å². The van der Waals surface area contributed by atoms with Gasteiger partial charge < -0.3 is 15.1 Å². The SMILES string of the molecule is O=C(CCn1cnc2ccccc2c1=O)N1CC[C@](O)(c2ccccc2)[C@@H](O)C1. The highest BCUT2D eigenvalue weighted by molar-refractivity contribution is 5.77. The Hall–Kier alpha value is -3.03. The molecule has 2 atom stereocenters. The number of aliphatic hydroxyl groups excluding tert-OH is 1. The number of hydrogen-bond acceptors (Lipinski definition) is 5. The number of para-hydroxylation sites is 1. The van der Waals surface area contributed by atoms with Crippen molar-refractivity contribution < 1.29 is 15.0 Å². The van der Waals surface area contributed by atoms with Crippen LogP contribution in [0.4, 0.5) is 0 Å². The Labute approximate surface area is 167 Å². The zero-order chi connectivity index (χ0) is 20.4. The van der Waals surface area contributed by atoms with Gasteiger partial charge in [-0.3, -0.25) is 14.2 Å². The van der Waals surface area contributed by atoms with Crippen LogP contribution >= 0.6 is 0 Å². The molecule has 1 fully saturated rings. The Bertz CT molecular complexity index is 1080. The van der Waals surface area contributed by atoms with E-state index in [0.717, 1.165) is 0 Å². The first-order valence-corrected chi connectivity index (χ1v) is 9.67. The molecule has 29 heavy (non-hydrogen) atoms.